The molecule has 0 aromatic carbocycles. The van der Waals surface area contributed by atoms with E-state index in [0.717, 1.165) is 19.5 Å². The Bertz CT molecular complexity index is 436. The maximum absolute atomic E-state index is 11.0. The predicted molar refractivity (Wildman–Crippen MR) is 64.3 cm³/mol. The van der Waals surface area contributed by atoms with Crippen molar-refractivity contribution in [1.82, 2.24) is 14.9 Å². The largest absolute Gasteiger partial charge is 0.406 e. The van der Waals surface area contributed by atoms with Gasteiger partial charge in [0, 0.05) is 33.6 Å². The zero-order chi connectivity index (χ0) is 12.6. The molecule has 1 aromatic heterocycles. The van der Waals surface area contributed by atoms with Crippen LogP contribution in [0, 0.1) is 17.0 Å². The summed E-state index contributed by atoms with van der Waals surface area (Å²) in [7, 11) is 3.70. The molecule has 1 fully saturated rings. The third-order valence-electron chi connectivity index (χ3n) is 3.36. The van der Waals surface area contributed by atoms with Crippen LogP contribution >= 0.6 is 0 Å². The molecule has 0 saturated carbocycles. The van der Waals surface area contributed by atoms with E-state index in [0.29, 0.717) is 17.7 Å². The van der Waals surface area contributed by atoms with E-state index < -0.39 is 4.92 Å². The quantitative estimate of drug-likeness (QED) is 0.611. The number of hydrogen-bond donors (Lipinski definition) is 1. The van der Waals surface area contributed by atoms with Gasteiger partial charge >= 0.3 is 5.82 Å². The number of nitrogens with zero attached hydrogens (tertiary/aromatic N) is 4. The molecule has 0 spiro atoms. The number of nitro groups is 1. The van der Waals surface area contributed by atoms with E-state index in [1.54, 1.807) is 11.5 Å². The van der Waals surface area contributed by atoms with Crippen molar-refractivity contribution in [3.05, 3.63) is 15.9 Å². The highest BCUT2D eigenvalue weighted by Crippen LogP contribution is 2.29. The Morgan fingerprint density at radius 2 is 2.35 bits per heavy atom. The Balaban J connectivity index is 2.38. The number of rotatable bonds is 3. The van der Waals surface area contributed by atoms with Crippen LogP contribution in [0.1, 0.15) is 12.2 Å². The number of anilines is 1. The summed E-state index contributed by atoms with van der Waals surface area (Å²) < 4.78 is 1.77. The van der Waals surface area contributed by atoms with Crippen LogP contribution in [0.2, 0.25) is 0 Å². The van der Waals surface area contributed by atoms with E-state index in [4.69, 9.17) is 0 Å². The van der Waals surface area contributed by atoms with Gasteiger partial charge < -0.3 is 20.3 Å². The number of hydrogen-bond acceptors (Lipinski definition) is 5. The molecule has 7 nitrogen and oxygen atoms in total. The second-order valence-corrected chi connectivity index (χ2v) is 4.38. The highest BCUT2D eigenvalue weighted by molar-refractivity contribution is 5.56. The summed E-state index contributed by atoms with van der Waals surface area (Å²) in [6, 6.07) is 0.295. The lowest BCUT2D eigenvalue weighted by Crippen LogP contribution is -2.35. The van der Waals surface area contributed by atoms with Gasteiger partial charge in [0.05, 0.1) is 0 Å². The van der Waals surface area contributed by atoms with Crippen molar-refractivity contribution in [2.45, 2.75) is 19.4 Å². The van der Waals surface area contributed by atoms with E-state index >= 15 is 0 Å². The molecule has 1 atom stereocenters. The molecule has 94 valence electrons. The zero-order valence-corrected chi connectivity index (χ0v) is 10.3. The molecular weight excluding hydrogens is 222 g/mol. The highest BCUT2D eigenvalue weighted by atomic mass is 16.6. The Hall–Kier alpha value is -1.63. The van der Waals surface area contributed by atoms with Crippen LogP contribution in [0.4, 0.5) is 11.6 Å². The molecule has 1 aliphatic rings. The molecule has 1 aromatic rings. The second-order valence-electron chi connectivity index (χ2n) is 4.38. The molecule has 2 heterocycles. The summed E-state index contributed by atoms with van der Waals surface area (Å²) in [5.41, 5.74) is 0. The topological polar surface area (TPSA) is 76.2 Å². The number of imidazole rings is 1. The fraction of sp³-hybridized carbons (Fsp3) is 0.700. The van der Waals surface area contributed by atoms with Crippen molar-refractivity contribution in [1.29, 1.82) is 0 Å². The molecule has 0 aliphatic carbocycles. The third kappa shape index (κ3) is 1.97. The van der Waals surface area contributed by atoms with Crippen molar-refractivity contribution >= 4 is 11.6 Å². The van der Waals surface area contributed by atoms with Gasteiger partial charge in [0.25, 0.3) is 0 Å². The predicted octanol–water partition coefficient (Wildman–Crippen LogP) is 0.435. The summed E-state index contributed by atoms with van der Waals surface area (Å²) >= 11 is 0. The number of aromatic nitrogens is 2. The third-order valence-corrected chi connectivity index (χ3v) is 3.36. The van der Waals surface area contributed by atoms with Crippen LogP contribution < -0.4 is 10.2 Å². The minimum Gasteiger partial charge on any atom is -0.358 e. The summed E-state index contributed by atoms with van der Waals surface area (Å²) in [6.45, 7) is 3.59. The first-order valence-corrected chi connectivity index (χ1v) is 5.63. The molecule has 17 heavy (non-hydrogen) atoms. The van der Waals surface area contributed by atoms with Gasteiger partial charge in [-0.1, -0.05) is 0 Å². The maximum atomic E-state index is 11.0. The van der Waals surface area contributed by atoms with Gasteiger partial charge in [-0.2, -0.15) is 0 Å². The van der Waals surface area contributed by atoms with E-state index in [-0.39, 0.29) is 5.82 Å². The molecule has 7 heteroatoms. The molecular formula is C10H17N5O2. The van der Waals surface area contributed by atoms with E-state index in [9.17, 15) is 10.1 Å². The van der Waals surface area contributed by atoms with Crippen molar-refractivity contribution in [3.8, 4) is 0 Å². The molecule has 1 saturated heterocycles. The number of aryl methyl sites for hydroxylation is 1. The molecule has 1 aliphatic heterocycles. The summed E-state index contributed by atoms with van der Waals surface area (Å²) in [5.74, 6) is 1.19. The van der Waals surface area contributed by atoms with Crippen LogP contribution in [-0.2, 0) is 7.05 Å². The normalized spacial score (nSPS) is 19.6. The van der Waals surface area contributed by atoms with Crippen molar-refractivity contribution in [2.75, 3.05) is 25.0 Å². The number of likely N-dealkylation sites (N-methyl/N-ethyl adjacent to an activating group) is 1. The van der Waals surface area contributed by atoms with Gasteiger partial charge in [0.15, 0.2) is 0 Å². The van der Waals surface area contributed by atoms with Crippen molar-refractivity contribution < 1.29 is 4.92 Å². The lowest BCUT2D eigenvalue weighted by atomic mass is 10.2. The summed E-state index contributed by atoms with van der Waals surface area (Å²) in [5, 5.41) is 14.3. The fourth-order valence-corrected chi connectivity index (χ4v) is 2.24. The minimum absolute atomic E-state index is 0.0561. The highest BCUT2D eigenvalue weighted by Gasteiger charge is 2.31. The molecule has 2 rings (SSSR count). The van der Waals surface area contributed by atoms with Crippen molar-refractivity contribution in [2.24, 2.45) is 7.05 Å². The average molecular weight is 239 g/mol. The van der Waals surface area contributed by atoms with Crippen molar-refractivity contribution in [3.63, 3.8) is 0 Å². The van der Waals surface area contributed by atoms with Crippen LogP contribution in [0.3, 0.4) is 0 Å². The van der Waals surface area contributed by atoms with Gasteiger partial charge in [-0.05, 0) is 22.9 Å². The van der Waals surface area contributed by atoms with Gasteiger partial charge in [0.1, 0.15) is 0 Å². The SMILES string of the molecule is Cc1nc([N+](=O)[O-])c(N(C)C2CCNC2)n1C. The lowest BCUT2D eigenvalue weighted by Gasteiger charge is -2.24. The second kappa shape index (κ2) is 4.33. The Morgan fingerprint density at radius 1 is 1.65 bits per heavy atom. The Kier molecular flexibility index (Phi) is 3.01. The standard InChI is InChI=1S/C10H17N5O2/c1-7-12-9(15(16)17)10(13(7)2)14(3)8-4-5-11-6-8/h8,11H,4-6H2,1-3H3. The average Bonchev–Trinajstić information content (AvgIpc) is 2.88. The minimum atomic E-state index is -0.415. The summed E-state index contributed by atoms with van der Waals surface area (Å²) in [4.78, 5) is 16.5. The monoisotopic (exact) mass is 239 g/mol. The fourth-order valence-electron chi connectivity index (χ4n) is 2.24. The van der Waals surface area contributed by atoms with E-state index in [2.05, 4.69) is 10.3 Å². The smallest absolute Gasteiger partial charge is 0.358 e. The van der Waals surface area contributed by atoms with Gasteiger partial charge in [0.2, 0.25) is 11.6 Å². The first-order chi connectivity index (χ1) is 8.02. The molecule has 0 radical (unpaired) electrons. The molecule has 1 N–H and O–H groups in total. The van der Waals surface area contributed by atoms with E-state index in [1.807, 2.05) is 19.0 Å². The first-order valence-electron chi connectivity index (χ1n) is 5.63. The van der Waals surface area contributed by atoms with Crippen LogP contribution in [-0.4, -0.2) is 40.7 Å². The number of nitrogens with one attached hydrogen (secondary N) is 1. The summed E-state index contributed by atoms with van der Waals surface area (Å²) in [6.07, 6.45) is 0.998. The van der Waals surface area contributed by atoms with E-state index in [1.165, 1.54) is 0 Å². The van der Waals surface area contributed by atoms with Crippen LogP contribution in [0.5, 0.6) is 0 Å². The first kappa shape index (κ1) is 11.8. The van der Waals surface area contributed by atoms with Gasteiger partial charge in [-0.3, -0.25) is 4.57 Å². The van der Waals surface area contributed by atoms with Crippen LogP contribution in [0.25, 0.3) is 0 Å². The maximum Gasteiger partial charge on any atom is 0.406 e. The molecule has 0 amide bonds. The molecule has 1 unspecified atom stereocenters. The zero-order valence-electron chi connectivity index (χ0n) is 10.3. The van der Waals surface area contributed by atoms with Gasteiger partial charge in [-0.25, -0.2) is 0 Å². The van der Waals surface area contributed by atoms with Crippen LogP contribution in [0.15, 0.2) is 0 Å². The lowest BCUT2D eigenvalue weighted by molar-refractivity contribution is -0.388. The Labute approximate surface area is 99.6 Å². The van der Waals surface area contributed by atoms with Gasteiger partial charge in [-0.15, -0.1) is 0 Å². The Morgan fingerprint density at radius 3 is 2.88 bits per heavy atom. The molecule has 0 bridgehead atoms.